The zero-order valence-electron chi connectivity index (χ0n) is 11.8. The zero-order chi connectivity index (χ0) is 12.3. The molecule has 2 heterocycles. The van der Waals surface area contributed by atoms with Crippen molar-refractivity contribution in [1.29, 1.82) is 0 Å². The van der Waals surface area contributed by atoms with Gasteiger partial charge in [0.1, 0.15) is 0 Å². The van der Waals surface area contributed by atoms with Crippen molar-refractivity contribution >= 4 is 0 Å². The Hall–Kier alpha value is -0.340. The molecule has 0 saturated carbocycles. The lowest BCUT2D eigenvalue weighted by atomic mass is 9.98. The van der Waals surface area contributed by atoms with Crippen molar-refractivity contribution < 1.29 is 0 Å². The topological polar surface area (TPSA) is 6.48 Å². The molecule has 2 rings (SSSR count). The van der Waals surface area contributed by atoms with Crippen LogP contribution >= 0.6 is 0 Å². The highest BCUT2D eigenvalue weighted by molar-refractivity contribution is 4.93. The van der Waals surface area contributed by atoms with E-state index in [-0.39, 0.29) is 0 Å². The highest BCUT2D eigenvalue weighted by Crippen LogP contribution is 2.27. The summed E-state index contributed by atoms with van der Waals surface area (Å²) >= 11 is 0. The molecular formula is C15H28N2. The van der Waals surface area contributed by atoms with Gasteiger partial charge < -0.3 is 0 Å². The van der Waals surface area contributed by atoms with E-state index in [2.05, 4.69) is 36.6 Å². The van der Waals surface area contributed by atoms with E-state index in [4.69, 9.17) is 0 Å². The van der Waals surface area contributed by atoms with Crippen LogP contribution in [0.1, 0.15) is 46.5 Å². The third-order valence-electron chi connectivity index (χ3n) is 4.23. The number of rotatable bonds is 5. The highest BCUT2D eigenvalue weighted by atomic mass is 15.4. The van der Waals surface area contributed by atoms with E-state index in [1.807, 2.05) is 0 Å². The van der Waals surface area contributed by atoms with Crippen molar-refractivity contribution in [3.05, 3.63) is 11.6 Å². The fourth-order valence-electron chi connectivity index (χ4n) is 3.22. The minimum Gasteiger partial charge on any atom is -0.287 e. The molecule has 2 aliphatic heterocycles. The first-order chi connectivity index (χ1) is 8.16. The van der Waals surface area contributed by atoms with Crippen molar-refractivity contribution in [2.45, 2.75) is 52.6 Å². The van der Waals surface area contributed by atoms with Crippen molar-refractivity contribution in [2.75, 3.05) is 26.2 Å². The second kappa shape index (κ2) is 6.01. The number of hydrogen-bond donors (Lipinski definition) is 0. The minimum absolute atomic E-state index is 0.769. The number of fused-ring (bicyclic) bond motifs is 2. The Morgan fingerprint density at radius 1 is 1.18 bits per heavy atom. The number of hydrogen-bond acceptors (Lipinski definition) is 2. The summed E-state index contributed by atoms with van der Waals surface area (Å²) in [4.78, 5) is 5.39. The molecule has 0 aromatic rings. The van der Waals surface area contributed by atoms with E-state index in [0.717, 1.165) is 12.1 Å². The van der Waals surface area contributed by atoms with Crippen molar-refractivity contribution in [1.82, 2.24) is 9.80 Å². The van der Waals surface area contributed by atoms with Gasteiger partial charge in [-0.15, -0.1) is 0 Å². The normalized spacial score (nSPS) is 33.5. The van der Waals surface area contributed by atoms with Crippen LogP contribution in [0.3, 0.4) is 0 Å². The quantitative estimate of drug-likeness (QED) is 0.677. The molecule has 0 radical (unpaired) electrons. The van der Waals surface area contributed by atoms with Crippen LogP contribution in [0.2, 0.25) is 0 Å². The largest absolute Gasteiger partial charge is 0.287 e. The fraction of sp³-hybridized carbons (Fsp3) is 0.867. The Bertz CT molecular complexity index is 252. The van der Waals surface area contributed by atoms with Gasteiger partial charge in [-0.2, -0.15) is 0 Å². The predicted molar refractivity (Wildman–Crippen MR) is 74.0 cm³/mol. The Morgan fingerprint density at radius 2 is 1.82 bits per heavy atom. The Morgan fingerprint density at radius 3 is 2.41 bits per heavy atom. The summed E-state index contributed by atoms with van der Waals surface area (Å²) in [6, 6.07) is 0. The van der Waals surface area contributed by atoms with E-state index in [1.165, 1.54) is 57.4 Å². The van der Waals surface area contributed by atoms with Crippen molar-refractivity contribution in [3.8, 4) is 0 Å². The molecule has 0 aromatic carbocycles. The van der Waals surface area contributed by atoms with Gasteiger partial charge in [-0.1, -0.05) is 18.6 Å². The molecule has 0 spiro atoms. The number of allylic oxidation sites excluding steroid dienone is 2. The molecule has 0 aromatic heterocycles. The van der Waals surface area contributed by atoms with Gasteiger partial charge in [-0.25, -0.2) is 0 Å². The first-order valence-electron chi connectivity index (χ1n) is 7.28. The van der Waals surface area contributed by atoms with Gasteiger partial charge in [-0.3, -0.25) is 9.80 Å². The monoisotopic (exact) mass is 236 g/mol. The molecule has 0 aliphatic carbocycles. The maximum atomic E-state index is 2.70. The smallest absolute Gasteiger partial charge is 0.0625 e. The molecule has 2 bridgehead atoms. The average Bonchev–Trinajstić information content (AvgIpc) is 2.50. The summed E-state index contributed by atoms with van der Waals surface area (Å²) in [5.41, 5.74) is 1.46. The summed E-state index contributed by atoms with van der Waals surface area (Å²) in [6.45, 7) is 12.1. The zero-order valence-corrected chi connectivity index (χ0v) is 11.8. The first kappa shape index (κ1) is 13.1. The van der Waals surface area contributed by atoms with E-state index in [9.17, 15) is 0 Å². The van der Waals surface area contributed by atoms with Gasteiger partial charge in [0.05, 0.1) is 6.17 Å². The van der Waals surface area contributed by atoms with Crippen LogP contribution < -0.4 is 0 Å². The van der Waals surface area contributed by atoms with E-state index < -0.39 is 0 Å². The summed E-state index contributed by atoms with van der Waals surface area (Å²) < 4.78 is 0. The number of nitrogens with zero attached hydrogens (tertiary/aromatic N) is 2. The molecule has 0 amide bonds. The summed E-state index contributed by atoms with van der Waals surface area (Å²) in [6.07, 6.45) is 8.51. The van der Waals surface area contributed by atoms with Gasteiger partial charge in [0.2, 0.25) is 0 Å². The maximum Gasteiger partial charge on any atom is 0.0625 e. The second-order valence-corrected chi connectivity index (χ2v) is 6.11. The lowest BCUT2D eigenvalue weighted by Crippen LogP contribution is -2.45. The third kappa shape index (κ3) is 3.56. The fourth-order valence-corrected chi connectivity index (χ4v) is 3.22. The van der Waals surface area contributed by atoms with Crippen LogP contribution in [-0.2, 0) is 0 Å². The van der Waals surface area contributed by atoms with Crippen molar-refractivity contribution in [3.63, 3.8) is 0 Å². The summed E-state index contributed by atoms with van der Waals surface area (Å²) in [5, 5.41) is 0. The predicted octanol–water partition coefficient (Wildman–Crippen LogP) is 3.11. The van der Waals surface area contributed by atoms with E-state index >= 15 is 0 Å². The molecule has 0 N–H and O–H groups in total. The molecule has 2 fully saturated rings. The first-order valence-corrected chi connectivity index (χ1v) is 7.28. The van der Waals surface area contributed by atoms with Crippen LogP contribution in [0, 0.1) is 5.92 Å². The Labute approximate surface area is 107 Å². The van der Waals surface area contributed by atoms with E-state index in [1.54, 1.807) is 0 Å². The highest BCUT2D eigenvalue weighted by Gasteiger charge is 2.34. The van der Waals surface area contributed by atoms with Crippen LogP contribution in [0.4, 0.5) is 0 Å². The Balaban J connectivity index is 1.75. The molecule has 17 heavy (non-hydrogen) atoms. The molecule has 2 unspecified atom stereocenters. The standard InChI is InChI=1S/C15H28N2/c1-13(2)6-4-7-14(3)12-15-16-8-5-9-17(15)11-10-16/h6,14-15H,4-5,7-12H2,1-3H3/t14-/m0/s1. The Kier molecular flexibility index (Phi) is 4.63. The molecule has 2 saturated heterocycles. The van der Waals surface area contributed by atoms with Gasteiger partial charge in [0.25, 0.3) is 0 Å². The maximum absolute atomic E-state index is 2.70. The van der Waals surface area contributed by atoms with Gasteiger partial charge in [-0.05, 0) is 45.4 Å². The van der Waals surface area contributed by atoms with Crippen LogP contribution in [0.5, 0.6) is 0 Å². The molecule has 3 atom stereocenters. The van der Waals surface area contributed by atoms with Gasteiger partial charge >= 0.3 is 0 Å². The lowest BCUT2D eigenvalue weighted by Gasteiger charge is -2.36. The third-order valence-corrected chi connectivity index (χ3v) is 4.23. The molecular weight excluding hydrogens is 208 g/mol. The summed E-state index contributed by atoms with van der Waals surface area (Å²) in [7, 11) is 0. The molecule has 2 aliphatic rings. The average molecular weight is 236 g/mol. The minimum atomic E-state index is 0.769. The molecule has 2 nitrogen and oxygen atoms in total. The lowest BCUT2D eigenvalue weighted by molar-refractivity contribution is 0.0719. The molecule has 2 heteroatoms. The SMILES string of the molecule is CC(C)=CCC[C@H](C)CC1N2CCCN1CC2. The van der Waals surface area contributed by atoms with Gasteiger partial charge in [0.15, 0.2) is 0 Å². The second-order valence-electron chi connectivity index (χ2n) is 6.11. The summed E-state index contributed by atoms with van der Waals surface area (Å²) in [5.74, 6) is 0.858. The molecule has 98 valence electrons. The van der Waals surface area contributed by atoms with Crippen LogP contribution in [-0.4, -0.2) is 42.1 Å². The van der Waals surface area contributed by atoms with Crippen LogP contribution in [0.15, 0.2) is 11.6 Å². The van der Waals surface area contributed by atoms with E-state index in [0.29, 0.717) is 0 Å². The van der Waals surface area contributed by atoms with Crippen LogP contribution in [0.25, 0.3) is 0 Å². The van der Waals surface area contributed by atoms with Crippen molar-refractivity contribution in [2.24, 2.45) is 5.92 Å². The van der Waals surface area contributed by atoms with Gasteiger partial charge in [0, 0.05) is 26.2 Å².